The molecular weight excluding hydrogens is 256 g/mol. The maximum absolute atomic E-state index is 9.45. The van der Waals surface area contributed by atoms with Gasteiger partial charge in [0.25, 0.3) is 0 Å². The summed E-state index contributed by atoms with van der Waals surface area (Å²) >= 11 is 7.36. The van der Waals surface area contributed by atoms with Gasteiger partial charge in [0.15, 0.2) is 0 Å². The van der Waals surface area contributed by atoms with Crippen LogP contribution in [0.2, 0.25) is 5.02 Å². The molecule has 0 saturated heterocycles. The maximum atomic E-state index is 9.45. The highest BCUT2D eigenvalue weighted by atomic mass is 35.5. The molecule has 1 aromatic carbocycles. The molecule has 1 atom stereocenters. The summed E-state index contributed by atoms with van der Waals surface area (Å²) in [6.45, 7) is 0.260. The zero-order valence-corrected chi connectivity index (χ0v) is 10.7. The molecule has 0 saturated carbocycles. The second kappa shape index (κ2) is 5.60. The van der Waals surface area contributed by atoms with E-state index >= 15 is 0 Å². The van der Waals surface area contributed by atoms with Gasteiger partial charge in [-0.05, 0) is 12.1 Å². The van der Waals surface area contributed by atoms with Crippen molar-refractivity contribution in [3.05, 3.63) is 39.7 Å². The zero-order valence-electron chi connectivity index (χ0n) is 9.14. The minimum atomic E-state index is -0.515. The Kier molecular flexibility index (Phi) is 4.12. The highest BCUT2D eigenvalue weighted by molar-refractivity contribution is 7.09. The summed E-state index contributed by atoms with van der Waals surface area (Å²) in [6.07, 6.45) is -0.00593. The van der Waals surface area contributed by atoms with E-state index in [0.29, 0.717) is 11.4 Å². The maximum Gasteiger partial charge on any atom is 0.0958 e. The van der Waals surface area contributed by atoms with Crippen LogP contribution in [0.15, 0.2) is 29.6 Å². The second-order valence-electron chi connectivity index (χ2n) is 3.73. The van der Waals surface area contributed by atoms with Gasteiger partial charge < -0.3 is 10.8 Å². The molecule has 1 aromatic heterocycles. The molecule has 1 heterocycles. The number of nitrogens with two attached hydrogens (primary N) is 1. The summed E-state index contributed by atoms with van der Waals surface area (Å²) in [6, 6.07) is 7.54. The van der Waals surface area contributed by atoms with Crippen LogP contribution in [0, 0.1) is 0 Å². The summed E-state index contributed by atoms with van der Waals surface area (Å²) in [5.41, 5.74) is 7.30. The van der Waals surface area contributed by atoms with Crippen molar-refractivity contribution in [2.45, 2.75) is 12.5 Å². The average molecular weight is 269 g/mol. The van der Waals surface area contributed by atoms with E-state index in [1.165, 1.54) is 11.3 Å². The van der Waals surface area contributed by atoms with Crippen LogP contribution in [-0.4, -0.2) is 22.7 Å². The molecule has 0 bridgehead atoms. The van der Waals surface area contributed by atoms with E-state index < -0.39 is 6.10 Å². The number of nitrogens with zero attached hydrogens (tertiary/aromatic N) is 1. The van der Waals surface area contributed by atoms with E-state index in [0.717, 1.165) is 16.3 Å². The molecule has 90 valence electrons. The quantitative estimate of drug-likeness (QED) is 0.895. The van der Waals surface area contributed by atoms with Crippen LogP contribution in [-0.2, 0) is 6.42 Å². The Hall–Kier alpha value is -0.940. The van der Waals surface area contributed by atoms with Crippen LogP contribution < -0.4 is 5.73 Å². The Balaban J connectivity index is 2.15. The van der Waals surface area contributed by atoms with E-state index in [2.05, 4.69) is 4.98 Å². The first-order valence-electron chi connectivity index (χ1n) is 5.27. The van der Waals surface area contributed by atoms with Crippen molar-refractivity contribution >= 4 is 22.9 Å². The first-order valence-corrected chi connectivity index (χ1v) is 6.53. The summed E-state index contributed by atoms with van der Waals surface area (Å²) in [4.78, 5) is 4.46. The Morgan fingerprint density at radius 3 is 2.71 bits per heavy atom. The number of hydrogen-bond donors (Lipinski definition) is 2. The number of rotatable bonds is 4. The zero-order chi connectivity index (χ0) is 12.3. The predicted molar refractivity (Wildman–Crippen MR) is 71.3 cm³/mol. The van der Waals surface area contributed by atoms with Crippen molar-refractivity contribution in [1.82, 2.24) is 4.98 Å². The topological polar surface area (TPSA) is 59.1 Å². The van der Waals surface area contributed by atoms with E-state index in [4.69, 9.17) is 17.3 Å². The summed E-state index contributed by atoms with van der Waals surface area (Å²) in [5.74, 6) is 0. The average Bonchev–Trinajstić information content (AvgIpc) is 2.78. The van der Waals surface area contributed by atoms with Crippen molar-refractivity contribution < 1.29 is 5.11 Å². The number of aromatic nitrogens is 1. The van der Waals surface area contributed by atoms with E-state index in [1.54, 1.807) is 0 Å². The van der Waals surface area contributed by atoms with Gasteiger partial charge in [-0.25, -0.2) is 4.98 Å². The van der Waals surface area contributed by atoms with Gasteiger partial charge in [-0.1, -0.05) is 23.7 Å². The first-order chi connectivity index (χ1) is 8.19. The second-order valence-corrected chi connectivity index (χ2v) is 5.11. The molecule has 3 nitrogen and oxygen atoms in total. The van der Waals surface area contributed by atoms with Gasteiger partial charge in [0, 0.05) is 28.9 Å². The largest absolute Gasteiger partial charge is 0.391 e. The summed E-state index contributed by atoms with van der Waals surface area (Å²) < 4.78 is 0. The molecule has 2 aromatic rings. The van der Waals surface area contributed by atoms with Crippen LogP contribution in [0.4, 0.5) is 0 Å². The molecular formula is C12H13ClN2OS. The molecule has 0 fully saturated rings. The highest BCUT2D eigenvalue weighted by Crippen LogP contribution is 2.23. The molecule has 17 heavy (non-hydrogen) atoms. The fourth-order valence-corrected chi connectivity index (χ4v) is 2.44. The van der Waals surface area contributed by atoms with Gasteiger partial charge in [-0.3, -0.25) is 0 Å². The molecule has 3 N–H and O–H groups in total. The Morgan fingerprint density at radius 2 is 2.06 bits per heavy atom. The molecule has 0 aliphatic heterocycles. The van der Waals surface area contributed by atoms with Gasteiger partial charge in [0.1, 0.15) is 0 Å². The fraction of sp³-hybridized carbons (Fsp3) is 0.250. The van der Waals surface area contributed by atoms with E-state index in [-0.39, 0.29) is 6.54 Å². The van der Waals surface area contributed by atoms with Gasteiger partial charge in [0.05, 0.1) is 16.8 Å². The standard InChI is InChI=1S/C12H13ClN2OS/c13-9-3-1-8(2-4-9)11-7-17-12(15-11)5-10(16)6-14/h1-4,7,10,16H,5-6,14H2. The lowest BCUT2D eigenvalue weighted by atomic mass is 10.2. The lowest BCUT2D eigenvalue weighted by molar-refractivity contribution is 0.183. The summed E-state index contributed by atoms with van der Waals surface area (Å²) in [7, 11) is 0. The van der Waals surface area contributed by atoms with Crippen molar-refractivity contribution in [2.24, 2.45) is 5.73 Å². The molecule has 2 rings (SSSR count). The van der Waals surface area contributed by atoms with Crippen molar-refractivity contribution in [2.75, 3.05) is 6.54 Å². The third kappa shape index (κ3) is 3.26. The minimum Gasteiger partial charge on any atom is -0.391 e. The van der Waals surface area contributed by atoms with Crippen molar-refractivity contribution in [3.8, 4) is 11.3 Å². The summed E-state index contributed by atoms with van der Waals surface area (Å²) in [5, 5.41) is 13.0. The van der Waals surface area contributed by atoms with E-state index in [1.807, 2.05) is 29.6 Å². The monoisotopic (exact) mass is 268 g/mol. The normalized spacial score (nSPS) is 12.6. The van der Waals surface area contributed by atoms with Crippen LogP contribution in [0.1, 0.15) is 5.01 Å². The number of benzene rings is 1. The number of hydrogen-bond acceptors (Lipinski definition) is 4. The number of aliphatic hydroxyl groups is 1. The van der Waals surface area contributed by atoms with Gasteiger partial charge in [-0.2, -0.15) is 0 Å². The molecule has 0 radical (unpaired) electrons. The highest BCUT2D eigenvalue weighted by Gasteiger charge is 2.08. The first kappa shape index (κ1) is 12.5. The van der Waals surface area contributed by atoms with Crippen molar-refractivity contribution in [1.29, 1.82) is 0 Å². The lowest BCUT2D eigenvalue weighted by Gasteiger charge is -2.03. The van der Waals surface area contributed by atoms with Crippen LogP contribution in [0.5, 0.6) is 0 Å². The molecule has 0 aliphatic rings. The molecule has 0 spiro atoms. The number of halogens is 1. The van der Waals surface area contributed by atoms with E-state index in [9.17, 15) is 5.11 Å². The SMILES string of the molecule is NCC(O)Cc1nc(-c2ccc(Cl)cc2)cs1. The fourth-order valence-electron chi connectivity index (χ4n) is 1.44. The van der Waals surface area contributed by atoms with Gasteiger partial charge in [-0.15, -0.1) is 11.3 Å². The third-order valence-electron chi connectivity index (χ3n) is 2.37. The molecule has 5 heteroatoms. The smallest absolute Gasteiger partial charge is 0.0958 e. The Labute approximate surface area is 109 Å². The Morgan fingerprint density at radius 1 is 1.35 bits per heavy atom. The van der Waals surface area contributed by atoms with Crippen LogP contribution in [0.25, 0.3) is 11.3 Å². The number of thiazole rings is 1. The Bertz CT molecular complexity index is 484. The third-order valence-corrected chi connectivity index (χ3v) is 3.50. The van der Waals surface area contributed by atoms with Gasteiger partial charge in [0.2, 0.25) is 0 Å². The molecule has 0 aliphatic carbocycles. The molecule has 1 unspecified atom stereocenters. The minimum absolute atomic E-state index is 0.260. The number of aliphatic hydroxyl groups excluding tert-OH is 1. The predicted octanol–water partition coefficient (Wildman–Crippen LogP) is 2.33. The lowest BCUT2D eigenvalue weighted by Crippen LogP contribution is -2.21. The van der Waals surface area contributed by atoms with Gasteiger partial charge >= 0.3 is 0 Å². The van der Waals surface area contributed by atoms with Crippen LogP contribution in [0.3, 0.4) is 0 Å². The van der Waals surface area contributed by atoms with Crippen molar-refractivity contribution in [3.63, 3.8) is 0 Å². The van der Waals surface area contributed by atoms with Crippen LogP contribution >= 0.6 is 22.9 Å². The molecule has 0 amide bonds.